The number of aliphatic hydroxyl groups is 1. The van der Waals surface area contributed by atoms with E-state index in [2.05, 4.69) is 4.90 Å². The highest BCUT2D eigenvalue weighted by Gasteiger charge is 2.13. The van der Waals surface area contributed by atoms with Gasteiger partial charge in [-0.2, -0.15) is 0 Å². The number of β-amino-alcohol motifs (C(OH)–C–C–N with tert-alkyl or cyclic N) is 1. The van der Waals surface area contributed by atoms with E-state index < -0.39 is 0 Å². The van der Waals surface area contributed by atoms with Gasteiger partial charge in [0.25, 0.3) is 0 Å². The lowest BCUT2D eigenvalue weighted by atomic mass is 10.3. The van der Waals surface area contributed by atoms with Crippen molar-refractivity contribution in [2.45, 2.75) is 18.9 Å². The molecule has 0 aromatic carbocycles. The van der Waals surface area contributed by atoms with E-state index in [0.717, 1.165) is 19.6 Å². The monoisotopic (exact) mass is 144 g/mol. The van der Waals surface area contributed by atoms with Crippen molar-refractivity contribution in [2.24, 2.45) is 5.73 Å². The Morgan fingerprint density at radius 1 is 1.40 bits per heavy atom. The molecule has 0 saturated carbocycles. The first-order valence-electron chi connectivity index (χ1n) is 3.93. The Labute approximate surface area is 61.8 Å². The molecule has 3 nitrogen and oxygen atoms in total. The Kier molecular flexibility index (Phi) is 3.12. The first-order valence-corrected chi connectivity index (χ1v) is 3.93. The maximum atomic E-state index is 9.15. The van der Waals surface area contributed by atoms with Gasteiger partial charge in [0.15, 0.2) is 0 Å². The number of rotatable bonds is 3. The summed E-state index contributed by atoms with van der Waals surface area (Å²) in [6, 6.07) is 0. The van der Waals surface area contributed by atoms with Crippen LogP contribution in [0.15, 0.2) is 0 Å². The molecule has 1 aliphatic heterocycles. The smallest absolute Gasteiger partial charge is 0.0789 e. The molecule has 0 unspecified atom stereocenters. The zero-order valence-corrected chi connectivity index (χ0v) is 6.29. The standard InChI is InChI=1S/C7H16N2O/c8-5-7(10)6-9-3-1-2-4-9/h7,10H,1-6,8H2/t7-/m0/s1. The molecule has 0 radical (unpaired) electrons. The highest BCUT2D eigenvalue weighted by atomic mass is 16.3. The average Bonchev–Trinajstić information content (AvgIpc) is 2.40. The highest BCUT2D eigenvalue weighted by Crippen LogP contribution is 2.06. The molecule has 0 aromatic heterocycles. The molecule has 0 aromatic rings. The number of aliphatic hydroxyl groups excluding tert-OH is 1. The zero-order valence-electron chi connectivity index (χ0n) is 6.29. The Morgan fingerprint density at radius 2 is 2.00 bits per heavy atom. The summed E-state index contributed by atoms with van der Waals surface area (Å²) < 4.78 is 0. The van der Waals surface area contributed by atoms with E-state index in [1.54, 1.807) is 0 Å². The van der Waals surface area contributed by atoms with Crippen molar-refractivity contribution < 1.29 is 5.11 Å². The SMILES string of the molecule is NC[C@H](O)CN1CCCC1. The number of nitrogens with zero attached hydrogens (tertiary/aromatic N) is 1. The summed E-state index contributed by atoms with van der Waals surface area (Å²) in [5.74, 6) is 0. The van der Waals surface area contributed by atoms with Crippen molar-refractivity contribution in [3.8, 4) is 0 Å². The average molecular weight is 144 g/mol. The molecule has 1 atom stereocenters. The second-order valence-electron chi connectivity index (χ2n) is 2.90. The molecule has 0 spiro atoms. The van der Waals surface area contributed by atoms with Gasteiger partial charge in [-0.15, -0.1) is 0 Å². The predicted octanol–water partition coefficient (Wildman–Crippen LogP) is -0.598. The van der Waals surface area contributed by atoms with E-state index in [9.17, 15) is 0 Å². The fourth-order valence-corrected chi connectivity index (χ4v) is 1.34. The third kappa shape index (κ3) is 2.25. The molecule has 1 aliphatic rings. The summed E-state index contributed by atoms with van der Waals surface area (Å²) in [5, 5.41) is 9.15. The molecule has 3 heteroatoms. The molecule has 1 saturated heterocycles. The van der Waals surface area contributed by atoms with Crippen molar-refractivity contribution in [3.63, 3.8) is 0 Å². The molecular weight excluding hydrogens is 128 g/mol. The molecule has 0 amide bonds. The van der Waals surface area contributed by atoms with Crippen LogP contribution in [0.25, 0.3) is 0 Å². The van der Waals surface area contributed by atoms with Crippen LogP contribution in [0.4, 0.5) is 0 Å². The van der Waals surface area contributed by atoms with Gasteiger partial charge in [-0.1, -0.05) is 0 Å². The van der Waals surface area contributed by atoms with Gasteiger partial charge >= 0.3 is 0 Å². The summed E-state index contributed by atoms with van der Waals surface area (Å²) in [6.45, 7) is 3.42. The van der Waals surface area contributed by atoms with Gasteiger partial charge < -0.3 is 15.7 Å². The molecule has 3 N–H and O–H groups in total. The fourth-order valence-electron chi connectivity index (χ4n) is 1.34. The lowest BCUT2D eigenvalue weighted by Crippen LogP contribution is -2.34. The van der Waals surface area contributed by atoms with Crippen molar-refractivity contribution in [1.82, 2.24) is 4.90 Å². The van der Waals surface area contributed by atoms with Gasteiger partial charge in [-0.3, -0.25) is 0 Å². The third-order valence-corrected chi connectivity index (χ3v) is 1.94. The highest BCUT2D eigenvalue weighted by molar-refractivity contribution is 4.70. The van der Waals surface area contributed by atoms with E-state index in [1.807, 2.05) is 0 Å². The van der Waals surface area contributed by atoms with E-state index in [0.29, 0.717) is 6.54 Å². The number of nitrogens with two attached hydrogens (primary N) is 1. The summed E-state index contributed by atoms with van der Waals surface area (Å²) >= 11 is 0. The van der Waals surface area contributed by atoms with Crippen molar-refractivity contribution in [1.29, 1.82) is 0 Å². The summed E-state index contributed by atoms with van der Waals surface area (Å²) in [7, 11) is 0. The van der Waals surface area contributed by atoms with Crippen LogP contribution in [-0.2, 0) is 0 Å². The normalized spacial score (nSPS) is 23.4. The van der Waals surface area contributed by atoms with Crippen molar-refractivity contribution in [3.05, 3.63) is 0 Å². The van der Waals surface area contributed by atoms with E-state index in [-0.39, 0.29) is 6.10 Å². The Hall–Kier alpha value is -0.120. The van der Waals surface area contributed by atoms with Crippen LogP contribution < -0.4 is 5.73 Å². The lowest BCUT2D eigenvalue weighted by molar-refractivity contribution is 0.132. The minimum absolute atomic E-state index is 0.321. The van der Waals surface area contributed by atoms with Crippen LogP contribution in [-0.4, -0.2) is 42.3 Å². The predicted molar refractivity (Wildman–Crippen MR) is 40.7 cm³/mol. The summed E-state index contributed by atoms with van der Waals surface area (Å²) in [4.78, 5) is 2.26. The minimum atomic E-state index is -0.321. The van der Waals surface area contributed by atoms with Gasteiger partial charge in [0, 0.05) is 13.1 Å². The van der Waals surface area contributed by atoms with Gasteiger partial charge in [-0.05, 0) is 25.9 Å². The van der Waals surface area contributed by atoms with Gasteiger partial charge in [0.05, 0.1) is 6.10 Å². The van der Waals surface area contributed by atoms with E-state index in [4.69, 9.17) is 10.8 Å². The molecule has 0 aliphatic carbocycles. The quantitative estimate of drug-likeness (QED) is 0.556. The molecule has 60 valence electrons. The summed E-state index contributed by atoms with van der Waals surface area (Å²) in [6.07, 6.45) is 2.23. The molecule has 10 heavy (non-hydrogen) atoms. The second-order valence-corrected chi connectivity index (χ2v) is 2.90. The maximum Gasteiger partial charge on any atom is 0.0789 e. The minimum Gasteiger partial charge on any atom is -0.390 e. The van der Waals surface area contributed by atoms with Crippen LogP contribution in [0, 0.1) is 0 Å². The maximum absolute atomic E-state index is 9.15. The van der Waals surface area contributed by atoms with E-state index in [1.165, 1.54) is 12.8 Å². The zero-order chi connectivity index (χ0) is 7.40. The topological polar surface area (TPSA) is 49.5 Å². The van der Waals surface area contributed by atoms with Gasteiger partial charge in [-0.25, -0.2) is 0 Å². The molecule has 1 rings (SSSR count). The Bertz CT molecular complexity index is 91.6. The second kappa shape index (κ2) is 3.91. The van der Waals surface area contributed by atoms with Crippen LogP contribution in [0.2, 0.25) is 0 Å². The Balaban J connectivity index is 2.11. The van der Waals surface area contributed by atoms with Crippen LogP contribution in [0.3, 0.4) is 0 Å². The van der Waals surface area contributed by atoms with Crippen molar-refractivity contribution >= 4 is 0 Å². The molecule has 1 heterocycles. The van der Waals surface area contributed by atoms with Gasteiger partial charge in [0.2, 0.25) is 0 Å². The Morgan fingerprint density at radius 3 is 2.50 bits per heavy atom. The van der Waals surface area contributed by atoms with Gasteiger partial charge in [0.1, 0.15) is 0 Å². The third-order valence-electron chi connectivity index (χ3n) is 1.94. The number of hydrogen-bond donors (Lipinski definition) is 2. The number of hydrogen-bond acceptors (Lipinski definition) is 3. The van der Waals surface area contributed by atoms with E-state index >= 15 is 0 Å². The fraction of sp³-hybridized carbons (Fsp3) is 1.00. The van der Waals surface area contributed by atoms with Crippen LogP contribution >= 0.6 is 0 Å². The largest absolute Gasteiger partial charge is 0.390 e. The van der Waals surface area contributed by atoms with Crippen LogP contribution in [0.5, 0.6) is 0 Å². The van der Waals surface area contributed by atoms with Crippen LogP contribution in [0.1, 0.15) is 12.8 Å². The molecule has 1 fully saturated rings. The lowest BCUT2D eigenvalue weighted by Gasteiger charge is -2.17. The molecule has 0 bridgehead atoms. The first kappa shape index (κ1) is 7.98. The molecular formula is C7H16N2O. The van der Waals surface area contributed by atoms with Crippen molar-refractivity contribution in [2.75, 3.05) is 26.2 Å². The first-order chi connectivity index (χ1) is 4.83. The number of likely N-dealkylation sites (tertiary alicyclic amines) is 1. The summed E-state index contributed by atoms with van der Waals surface area (Å²) in [5.41, 5.74) is 5.27.